The molecule has 2 heterocycles. The standard InChI is InChI=1S/C20H19N5O4S2/c1-13(15-5-7-16(8-6-15)22-14(2)26)23-24-20(27)17-9-10-21-12-18(17)25-31(28,29)19-4-3-11-30-19/h3-12,25H,1-2H3,(H,22,26)(H,24,27). The van der Waals surface area contributed by atoms with Gasteiger partial charge in [-0.05, 0) is 42.1 Å². The van der Waals surface area contributed by atoms with Gasteiger partial charge in [-0.25, -0.2) is 13.8 Å². The minimum absolute atomic E-state index is 0.0425. The molecule has 0 saturated carbocycles. The van der Waals surface area contributed by atoms with Crippen molar-refractivity contribution in [3.63, 3.8) is 0 Å². The SMILES string of the molecule is CC(=O)Nc1ccc(C(C)=NNC(=O)c2ccncc2NS(=O)(=O)c2cccs2)cc1. The van der Waals surface area contributed by atoms with Crippen molar-refractivity contribution in [3.05, 3.63) is 71.4 Å². The van der Waals surface area contributed by atoms with E-state index in [1.165, 1.54) is 31.5 Å². The van der Waals surface area contributed by atoms with Crippen LogP contribution in [0.15, 0.2) is 69.5 Å². The molecule has 11 heteroatoms. The number of amides is 2. The van der Waals surface area contributed by atoms with E-state index < -0.39 is 15.9 Å². The molecule has 2 aromatic heterocycles. The maximum absolute atomic E-state index is 12.6. The van der Waals surface area contributed by atoms with Gasteiger partial charge in [0.15, 0.2) is 0 Å². The highest BCUT2D eigenvalue weighted by Gasteiger charge is 2.19. The minimum atomic E-state index is -3.83. The Kier molecular flexibility index (Phi) is 6.78. The maximum Gasteiger partial charge on any atom is 0.273 e. The van der Waals surface area contributed by atoms with E-state index in [1.807, 2.05) is 0 Å². The molecule has 9 nitrogen and oxygen atoms in total. The zero-order chi connectivity index (χ0) is 22.4. The van der Waals surface area contributed by atoms with Crippen LogP contribution in [-0.4, -0.2) is 30.9 Å². The van der Waals surface area contributed by atoms with E-state index in [0.717, 1.165) is 16.9 Å². The van der Waals surface area contributed by atoms with Crippen LogP contribution in [0, 0.1) is 0 Å². The lowest BCUT2D eigenvalue weighted by Crippen LogP contribution is -2.22. The first-order chi connectivity index (χ1) is 14.8. The average Bonchev–Trinajstić information content (AvgIpc) is 3.28. The number of carbonyl (C=O) groups is 2. The minimum Gasteiger partial charge on any atom is -0.326 e. The number of thiophene rings is 1. The molecule has 0 aliphatic rings. The predicted octanol–water partition coefficient (Wildman–Crippen LogP) is 3.06. The smallest absolute Gasteiger partial charge is 0.273 e. The van der Waals surface area contributed by atoms with Gasteiger partial charge in [0.25, 0.3) is 15.9 Å². The number of aromatic nitrogens is 1. The zero-order valence-electron chi connectivity index (χ0n) is 16.6. The van der Waals surface area contributed by atoms with Crippen LogP contribution < -0.4 is 15.5 Å². The lowest BCUT2D eigenvalue weighted by atomic mass is 10.1. The molecule has 3 rings (SSSR count). The molecule has 1 aromatic carbocycles. The largest absolute Gasteiger partial charge is 0.326 e. The molecule has 0 aliphatic carbocycles. The third-order valence-electron chi connectivity index (χ3n) is 4.02. The Morgan fingerprint density at radius 1 is 1.06 bits per heavy atom. The van der Waals surface area contributed by atoms with E-state index in [-0.39, 0.29) is 21.4 Å². The molecule has 3 aromatic rings. The molecule has 0 unspecified atom stereocenters. The summed E-state index contributed by atoms with van der Waals surface area (Å²) in [5.41, 5.74) is 4.45. The van der Waals surface area contributed by atoms with E-state index in [9.17, 15) is 18.0 Å². The molecule has 0 aliphatic heterocycles. The van der Waals surface area contributed by atoms with E-state index in [0.29, 0.717) is 11.4 Å². The van der Waals surface area contributed by atoms with Gasteiger partial charge in [0.2, 0.25) is 5.91 Å². The summed E-state index contributed by atoms with van der Waals surface area (Å²) in [4.78, 5) is 27.6. The second kappa shape index (κ2) is 9.49. The number of rotatable bonds is 7. The van der Waals surface area contributed by atoms with Gasteiger partial charge in [-0.15, -0.1) is 11.3 Å². The summed E-state index contributed by atoms with van der Waals surface area (Å²) in [6, 6.07) is 11.4. The Bertz CT molecular complexity index is 1220. The molecule has 160 valence electrons. The number of sulfonamides is 1. The van der Waals surface area contributed by atoms with Crippen molar-refractivity contribution in [2.24, 2.45) is 5.10 Å². The van der Waals surface area contributed by atoms with Crippen molar-refractivity contribution in [3.8, 4) is 0 Å². The summed E-state index contributed by atoms with van der Waals surface area (Å²) in [6.07, 6.45) is 2.65. The number of anilines is 2. The first-order valence-electron chi connectivity index (χ1n) is 8.99. The molecule has 0 atom stereocenters. The topological polar surface area (TPSA) is 130 Å². The molecule has 0 spiro atoms. The van der Waals surface area contributed by atoms with Crippen LogP contribution in [0.2, 0.25) is 0 Å². The summed E-state index contributed by atoms with van der Waals surface area (Å²) in [6.45, 7) is 3.13. The number of benzene rings is 1. The van der Waals surface area contributed by atoms with E-state index in [2.05, 4.69) is 25.6 Å². The van der Waals surface area contributed by atoms with Crippen molar-refractivity contribution < 1.29 is 18.0 Å². The highest BCUT2D eigenvalue weighted by Crippen LogP contribution is 2.22. The van der Waals surface area contributed by atoms with Crippen molar-refractivity contribution in [2.75, 3.05) is 10.0 Å². The normalized spacial score (nSPS) is 11.6. The van der Waals surface area contributed by atoms with Gasteiger partial charge in [0.05, 0.1) is 23.2 Å². The first kappa shape index (κ1) is 22.1. The molecule has 3 N–H and O–H groups in total. The molecular weight excluding hydrogens is 438 g/mol. The monoisotopic (exact) mass is 457 g/mol. The van der Waals surface area contributed by atoms with E-state index in [1.54, 1.807) is 42.6 Å². The number of hydrogen-bond acceptors (Lipinski definition) is 7. The van der Waals surface area contributed by atoms with Crippen LogP contribution in [0.3, 0.4) is 0 Å². The lowest BCUT2D eigenvalue weighted by Gasteiger charge is -2.10. The Morgan fingerprint density at radius 2 is 1.81 bits per heavy atom. The number of hydrogen-bond donors (Lipinski definition) is 3. The second-order valence-electron chi connectivity index (χ2n) is 6.36. The third kappa shape index (κ3) is 5.74. The Labute approximate surface area is 183 Å². The summed E-state index contributed by atoms with van der Waals surface area (Å²) >= 11 is 1.06. The van der Waals surface area contributed by atoms with Crippen LogP contribution in [0.4, 0.5) is 11.4 Å². The molecule has 0 bridgehead atoms. The first-order valence-corrected chi connectivity index (χ1v) is 11.4. The molecule has 31 heavy (non-hydrogen) atoms. The van der Waals surface area contributed by atoms with Gasteiger partial charge in [-0.1, -0.05) is 18.2 Å². The van der Waals surface area contributed by atoms with Gasteiger partial charge < -0.3 is 5.32 Å². The van der Waals surface area contributed by atoms with E-state index in [4.69, 9.17) is 0 Å². The van der Waals surface area contributed by atoms with Crippen LogP contribution in [0.1, 0.15) is 29.8 Å². The number of carbonyl (C=O) groups excluding carboxylic acids is 2. The molecule has 2 amide bonds. The van der Waals surface area contributed by atoms with Crippen molar-refractivity contribution in [2.45, 2.75) is 18.1 Å². The van der Waals surface area contributed by atoms with Gasteiger partial charge >= 0.3 is 0 Å². The summed E-state index contributed by atoms with van der Waals surface area (Å²) in [7, 11) is -3.83. The van der Waals surface area contributed by atoms with Gasteiger partial charge in [0, 0.05) is 18.8 Å². The van der Waals surface area contributed by atoms with Crippen molar-refractivity contribution >= 4 is 50.3 Å². The number of pyridine rings is 1. The zero-order valence-corrected chi connectivity index (χ0v) is 18.3. The maximum atomic E-state index is 12.6. The van der Waals surface area contributed by atoms with Crippen LogP contribution in [0.5, 0.6) is 0 Å². The fourth-order valence-corrected chi connectivity index (χ4v) is 4.60. The molecule has 0 radical (unpaired) electrons. The number of nitrogens with zero attached hydrogens (tertiary/aromatic N) is 2. The Hall–Kier alpha value is -3.57. The number of nitrogens with one attached hydrogen (secondary N) is 3. The lowest BCUT2D eigenvalue weighted by molar-refractivity contribution is -0.114. The van der Waals surface area contributed by atoms with Crippen molar-refractivity contribution in [1.29, 1.82) is 0 Å². The van der Waals surface area contributed by atoms with Crippen LogP contribution in [-0.2, 0) is 14.8 Å². The number of hydrazone groups is 1. The molecular formula is C20H19N5O4S2. The predicted molar refractivity (Wildman–Crippen MR) is 120 cm³/mol. The molecule has 0 fully saturated rings. The average molecular weight is 458 g/mol. The second-order valence-corrected chi connectivity index (χ2v) is 9.21. The fourth-order valence-electron chi connectivity index (χ4n) is 2.54. The van der Waals surface area contributed by atoms with Gasteiger partial charge in [-0.3, -0.25) is 19.3 Å². The van der Waals surface area contributed by atoms with Crippen LogP contribution >= 0.6 is 11.3 Å². The van der Waals surface area contributed by atoms with E-state index >= 15 is 0 Å². The molecule has 0 saturated heterocycles. The highest BCUT2D eigenvalue weighted by atomic mass is 32.2. The summed E-state index contributed by atoms with van der Waals surface area (Å²) in [5.74, 6) is -0.770. The van der Waals surface area contributed by atoms with Crippen molar-refractivity contribution in [1.82, 2.24) is 10.4 Å². The summed E-state index contributed by atoms with van der Waals surface area (Å²) in [5, 5.41) is 8.40. The van der Waals surface area contributed by atoms with Gasteiger partial charge in [0.1, 0.15) is 4.21 Å². The third-order valence-corrected chi connectivity index (χ3v) is 6.78. The highest BCUT2D eigenvalue weighted by molar-refractivity contribution is 7.94. The Morgan fingerprint density at radius 3 is 2.45 bits per heavy atom. The fraction of sp³-hybridized carbons (Fsp3) is 0.100. The van der Waals surface area contributed by atoms with Gasteiger partial charge in [-0.2, -0.15) is 5.10 Å². The van der Waals surface area contributed by atoms with Crippen LogP contribution in [0.25, 0.3) is 0 Å². The Balaban J connectivity index is 1.74. The quantitative estimate of drug-likeness (QED) is 0.371. The summed E-state index contributed by atoms with van der Waals surface area (Å²) < 4.78 is 27.5.